The summed E-state index contributed by atoms with van der Waals surface area (Å²) < 4.78 is 0. The Bertz CT molecular complexity index is 594. The molecule has 5 heteroatoms. The van der Waals surface area contributed by atoms with E-state index in [2.05, 4.69) is 10.6 Å². The summed E-state index contributed by atoms with van der Waals surface area (Å²) in [6.45, 7) is 4.80. The molecule has 0 bridgehead atoms. The average Bonchev–Trinajstić information content (AvgIpc) is 2.94. The van der Waals surface area contributed by atoms with Gasteiger partial charge in [-0.1, -0.05) is 0 Å². The molecule has 2 aliphatic heterocycles. The predicted octanol–water partition coefficient (Wildman–Crippen LogP) is 2.45. The number of amides is 2. The molecule has 0 saturated carbocycles. The first-order valence-corrected chi connectivity index (χ1v) is 8.55. The van der Waals surface area contributed by atoms with Gasteiger partial charge in [0.2, 0.25) is 11.8 Å². The van der Waals surface area contributed by atoms with E-state index in [1.165, 1.54) is 0 Å². The molecule has 2 amide bonds. The Morgan fingerprint density at radius 3 is 2.78 bits per heavy atom. The first-order chi connectivity index (χ1) is 11.1. The molecule has 2 aliphatic rings. The van der Waals surface area contributed by atoms with Crippen molar-refractivity contribution in [3.8, 4) is 0 Å². The number of carbonyl (C=O) groups excluding carboxylic acids is 2. The molecule has 1 aromatic carbocycles. The molecule has 2 N–H and O–H groups in total. The van der Waals surface area contributed by atoms with E-state index >= 15 is 0 Å². The quantitative estimate of drug-likeness (QED) is 0.897. The fourth-order valence-electron chi connectivity index (χ4n) is 3.50. The van der Waals surface area contributed by atoms with Gasteiger partial charge in [0.1, 0.15) is 0 Å². The summed E-state index contributed by atoms with van der Waals surface area (Å²) in [5.41, 5.74) is 2.81. The highest BCUT2D eigenvalue weighted by atomic mass is 16.2. The van der Waals surface area contributed by atoms with Crippen LogP contribution in [0.1, 0.15) is 37.7 Å². The number of aryl methyl sites for hydroxylation is 1. The van der Waals surface area contributed by atoms with Crippen LogP contribution in [-0.4, -0.2) is 31.4 Å². The van der Waals surface area contributed by atoms with Crippen LogP contribution in [-0.2, 0) is 9.59 Å². The molecule has 0 unspecified atom stereocenters. The highest BCUT2D eigenvalue weighted by Gasteiger charge is 2.23. The van der Waals surface area contributed by atoms with Gasteiger partial charge in [-0.15, -0.1) is 0 Å². The van der Waals surface area contributed by atoms with Gasteiger partial charge >= 0.3 is 0 Å². The molecule has 0 radical (unpaired) electrons. The van der Waals surface area contributed by atoms with Crippen molar-refractivity contribution in [3.63, 3.8) is 0 Å². The van der Waals surface area contributed by atoms with Gasteiger partial charge in [-0.2, -0.15) is 0 Å². The molecule has 5 nitrogen and oxygen atoms in total. The molecule has 1 aromatic rings. The minimum Gasteiger partial charge on any atom is -0.326 e. The highest BCUT2D eigenvalue weighted by molar-refractivity contribution is 5.97. The highest BCUT2D eigenvalue weighted by Crippen LogP contribution is 2.27. The van der Waals surface area contributed by atoms with Gasteiger partial charge in [0.15, 0.2) is 0 Å². The van der Waals surface area contributed by atoms with Crippen molar-refractivity contribution >= 4 is 23.2 Å². The number of piperidine rings is 1. The maximum Gasteiger partial charge on any atom is 0.227 e. The number of nitrogens with zero attached hydrogens (tertiary/aromatic N) is 1. The zero-order valence-electron chi connectivity index (χ0n) is 13.7. The zero-order chi connectivity index (χ0) is 16.2. The zero-order valence-corrected chi connectivity index (χ0v) is 13.7. The Balaban J connectivity index is 1.61. The van der Waals surface area contributed by atoms with Crippen LogP contribution in [0.2, 0.25) is 0 Å². The molecule has 23 heavy (non-hydrogen) atoms. The van der Waals surface area contributed by atoms with Crippen molar-refractivity contribution in [2.24, 2.45) is 5.92 Å². The van der Waals surface area contributed by atoms with Gasteiger partial charge in [-0.25, -0.2) is 0 Å². The van der Waals surface area contributed by atoms with Crippen molar-refractivity contribution in [1.29, 1.82) is 0 Å². The fourth-order valence-corrected chi connectivity index (χ4v) is 3.50. The Labute approximate surface area is 137 Å². The van der Waals surface area contributed by atoms with Gasteiger partial charge in [0.05, 0.1) is 0 Å². The van der Waals surface area contributed by atoms with Crippen LogP contribution in [0.15, 0.2) is 18.2 Å². The van der Waals surface area contributed by atoms with Crippen LogP contribution in [0.25, 0.3) is 0 Å². The number of anilines is 2. The standard InChI is InChI=1S/C18H25N3O2/c1-13-11-15(4-5-16(13)21-10-2-3-18(21)23)20-17(22)12-14-6-8-19-9-7-14/h4-5,11,14,19H,2-3,6-10,12H2,1H3,(H,20,22). The summed E-state index contributed by atoms with van der Waals surface area (Å²) in [5.74, 6) is 0.760. The second-order valence-electron chi connectivity index (χ2n) is 6.60. The van der Waals surface area contributed by atoms with Crippen molar-refractivity contribution in [2.75, 3.05) is 29.9 Å². The van der Waals surface area contributed by atoms with E-state index in [4.69, 9.17) is 0 Å². The first kappa shape index (κ1) is 16.0. The molecule has 2 fully saturated rings. The minimum absolute atomic E-state index is 0.0845. The second-order valence-corrected chi connectivity index (χ2v) is 6.60. The van der Waals surface area contributed by atoms with Crippen molar-refractivity contribution < 1.29 is 9.59 Å². The summed E-state index contributed by atoms with van der Waals surface area (Å²) in [6, 6.07) is 5.80. The van der Waals surface area contributed by atoms with E-state index in [0.29, 0.717) is 18.8 Å². The van der Waals surface area contributed by atoms with Crippen LogP contribution in [0, 0.1) is 12.8 Å². The fraction of sp³-hybridized carbons (Fsp3) is 0.556. The molecule has 3 rings (SSSR count). The van der Waals surface area contributed by atoms with E-state index in [9.17, 15) is 9.59 Å². The largest absolute Gasteiger partial charge is 0.326 e. The van der Waals surface area contributed by atoms with Gasteiger partial charge in [0.25, 0.3) is 0 Å². The number of hydrogen-bond acceptors (Lipinski definition) is 3. The molecular weight excluding hydrogens is 290 g/mol. The summed E-state index contributed by atoms with van der Waals surface area (Å²) in [6.07, 6.45) is 4.29. The van der Waals surface area contributed by atoms with E-state index in [1.54, 1.807) is 0 Å². The lowest BCUT2D eigenvalue weighted by Crippen LogP contribution is -2.30. The lowest BCUT2D eigenvalue weighted by Gasteiger charge is -2.22. The number of hydrogen-bond donors (Lipinski definition) is 2. The molecule has 0 aliphatic carbocycles. The molecule has 124 valence electrons. The molecule has 0 atom stereocenters. The summed E-state index contributed by atoms with van der Waals surface area (Å²) in [5, 5.41) is 6.31. The van der Waals surface area contributed by atoms with Crippen molar-refractivity contribution in [3.05, 3.63) is 23.8 Å². The van der Waals surface area contributed by atoms with E-state index in [1.807, 2.05) is 30.0 Å². The van der Waals surface area contributed by atoms with Gasteiger partial charge in [-0.3, -0.25) is 9.59 Å². The lowest BCUT2D eigenvalue weighted by molar-refractivity contribution is -0.118. The Morgan fingerprint density at radius 1 is 1.35 bits per heavy atom. The summed E-state index contributed by atoms with van der Waals surface area (Å²) in [7, 11) is 0. The molecule has 0 aromatic heterocycles. The van der Waals surface area contributed by atoms with Crippen molar-refractivity contribution in [1.82, 2.24) is 5.32 Å². The van der Waals surface area contributed by atoms with Crippen LogP contribution < -0.4 is 15.5 Å². The molecular formula is C18H25N3O2. The molecule has 2 heterocycles. The van der Waals surface area contributed by atoms with Gasteiger partial charge in [-0.05, 0) is 69.0 Å². The maximum absolute atomic E-state index is 12.2. The van der Waals surface area contributed by atoms with E-state index in [0.717, 1.165) is 55.8 Å². The SMILES string of the molecule is Cc1cc(NC(=O)CC2CCNCC2)ccc1N1CCCC1=O. The lowest BCUT2D eigenvalue weighted by atomic mass is 9.94. The van der Waals surface area contributed by atoms with Crippen molar-refractivity contribution in [2.45, 2.75) is 39.0 Å². The molecule has 0 spiro atoms. The van der Waals surface area contributed by atoms with Crippen LogP contribution >= 0.6 is 0 Å². The smallest absolute Gasteiger partial charge is 0.227 e. The third-order valence-corrected chi connectivity index (χ3v) is 4.78. The molecule has 2 saturated heterocycles. The van der Waals surface area contributed by atoms with Gasteiger partial charge < -0.3 is 15.5 Å². The summed E-state index contributed by atoms with van der Waals surface area (Å²) >= 11 is 0. The van der Waals surface area contributed by atoms with E-state index in [-0.39, 0.29) is 11.8 Å². The maximum atomic E-state index is 12.2. The second kappa shape index (κ2) is 7.13. The normalized spacial score (nSPS) is 19.2. The van der Waals surface area contributed by atoms with Crippen LogP contribution in [0.4, 0.5) is 11.4 Å². The average molecular weight is 315 g/mol. The monoisotopic (exact) mass is 315 g/mol. The van der Waals surface area contributed by atoms with Crippen LogP contribution in [0.3, 0.4) is 0 Å². The van der Waals surface area contributed by atoms with E-state index < -0.39 is 0 Å². The third kappa shape index (κ3) is 3.91. The van der Waals surface area contributed by atoms with Crippen LogP contribution in [0.5, 0.6) is 0 Å². The minimum atomic E-state index is 0.0845. The number of nitrogens with one attached hydrogen (secondary N) is 2. The number of rotatable bonds is 4. The van der Waals surface area contributed by atoms with Gasteiger partial charge in [0, 0.05) is 30.8 Å². The predicted molar refractivity (Wildman–Crippen MR) is 91.6 cm³/mol. The topological polar surface area (TPSA) is 61.4 Å². The Kier molecular flexibility index (Phi) is 4.96. The Hall–Kier alpha value is -1.88. The summed E-state index contributed by atoms with van der Waals surface area (Å²) in [4.78, 5) is 25.9. The Morgan fingerprint density at radius 2 is 2.13 bits per heavy atom. The third-order valence-electron chi connectivity index (χ3n) is 4.78. The number of benzene rings is 1. The first-order valence-electron chi connectivity index (χ1n) is 8.55. The number of carbonyl (C=O) groups is 2.